The van der Waals surface area contributed by atoms with Gasteiger partial charge in [0.1, 0.15) is 9.71 Å². The maximum atomic E-state index is 11.2. The van der Waals surface area contributed by atoms with Gasteiger partial charge in [0.2, 0.25) is 0 Å². The molecule has 3 aromatic rings. The van der Waals surface area contributed by atoms with E-state index in [-0.39, 0.29) is 0 Å². The molecule has 4 heteroatoms. The SMILES string of the molecule is CCCCc1c2ccccc2nc2sc(C(=O)O)cc12. The lowest BCUT2D eigenvalue weighted by atomic mass is 10.0. The second-order valence-electron chi connectivity index (χ2n) is 4.85. The molecule has 1 N–H and O–H groups in total. The summed E-state index contributed by atoms with van der Waals surface area (Å²) in [6, 6.07) is 9.81. The number of aromatic nitrogens is 1. The standard InChI is InChI=1S/C16H15NO2S/c1-2-3-6-10-11-7-4-5-8-13(11)17-15-12(10)9-14(20-15)16(18)19/h4-5,7-9H,2-3,6H2,1H3,(H,18,19). The Kier molecular flexibility index (Phi) is 3.40. The first kappa shape index (κ1) is 13.1. The van der Waals surface area contributed by atoms with Gasteiger partial charge in [-0.2, -0.15) is 0 Å². The van der Waals surface area contributed by atoms with Gasteiger partial charge in [0.05, 0.1) is 5.52 Å². The first-order valence-electron chi connectivity index (χ1n) is 6.75. The van der Waals surface area contributed by atoms with Crippen molar-refractivity contribution in [3.05, 3.63) is 40.8 Å². The van der Waals surface area contributed by atoms with Crippen LogP contribution in [0.5, 0.6) is 0 Å². The fourth-order valence-corrected chi connectivity index (χ4v) is 3.40. The summed E-state index contributed by atoms with van der Waals surface area (Å²) in [5.74, 6) is -0.876. The van der Waals surface area contributed by atoms with Gasteiger partial charge in [0.15, 0.2) is 0 Å². The lowest BCUT2D eigenvalue weighted by Gasteiger charge is -2.07. The highest BCUT2D eigenvalue weighted by molar-refractivity contribution is 7.20. The largest absolute Gasteiger partial charge is 0.477 e. The van der Waals surface area contributed by atoms with E-state index < -0.39 is 5.97 Å². The van der Waals surface area contributed by atoms with Crippen molar-refractivity contribution in [2.24, 2.45) is 0 Å². The van der Waals surface area contributed by atoms with Crippen molar-refractivity contribution in [3.63, 3.8) is 0 Å². The highest BCUT2D eigenvalue weighted by Gasteiger charge is 2.14. The highest BCUT2D eigenvalue weighted by atomic mass is 32.1. The zero-order chi connectivity index (χ0) is 14.1. The summed E-state index contributed by atoms with van der Waals surface area (Å²) in [4.78, 5) is 17.0. The Labute approximate surface area is 120 Å². The number of hydrogen-bond acceptors (Lipinski definition) is 3. The Bertz CT molecular complexity index is 792. The summed E-state index contributed by atoms with van der Waals surface area (Å²) >= 11 is 1.26. The van der Waals surface area contributed by atoms with Gasteiger partial charge in [-0.3, -0.25) is 0 Å². The number of pyridine rings is 1. The number of nitrogens with zero attached hydrogens (tertiary/aromatic N) is 1. The molecule has 0 aliphatic heterocycles. The zero-order valence-corrected chi connectivity index (χ0v) is 12.0. The van der Waals surface area contributed by atoms with Crippen LogP contribution in [0.3, 0.4) is 0 Å². The van der Waals surface area contributed by atoms with Gasteiger partial charge in [0, 0.05) is 10.8 Å². The molecular weight excluding hydrogens is 270 g/mol. The highest BCUT2D eigenvalue weighted by Crippen LogP contribution is 2.32. The van der Waals surface area contributed by atoms with Crippen LogP contribution >= 0.6 is 11.3 Å². The van der Waals surface area contributed by atoms with E-state index in [1.807, 2.05) is 18.2 Å². The predicted molar refractivity (Wildman–Crippen MR) is 82.7 cm³/mol. The average Bonchev–Trinajstić information content (AvgIpc) is 2.87. The third-order valence-corrected chi connectivity index (χ3v) is 4.50. The van der Waals surface area contributed by atoms with E-state index >= 15 is 0 Å². The van der Waals surface area contributed by atoms with Crippen LogP contribution in [-0.2, 0) is 6.42 Å². The smallest absolute Gasteiger partial charge is 0.345 e. The van der Waals surface area contributed by atoms with Crippen LogP contribution < -0.4 is 0 Å². The Morgan fingerprint density at radius 3 is 2.85 bits per heavy atom. The molecule has 0 fully saturated rings. The van der Waals surface area contributed by atoms with Gasteiger partial charge in [-0.1, -0.05) is 31.5 Å². The summed E-state index contributed by atoms with van der Waals surface area (Å²) in [5, 5.41) is 11.3. The number of thiophene rings is 1. The van der Waals surface area contributed by atoms with Gasteiger partial charge < -0.3 is 5.11 Å². The number of para-hydroxylation sites is 1. The third kappa shape index (κ3) is 2.16. The van der Waals surface area contributed by atoms with Gasteiger partial charge in [-0.25, -0.2) is 9.78 Å². The molecule has 20 heavy (non-hydrogen) atoms. The summed E-state index contributed by atoms with van der Waals surface area (Å²) in [7, 11) is 0. The molecule has 0 aliphatic carbocycles. The molecule has 0 aliphatic rings. The van der Waals surface area contributed by atoms with Crippen molar-refractivity contribution in [2.45, 2.75) is 26.2 Å². The number of aryl methyl sites for hydroxylation is 1. The van der Waals surface area contributed by atoms with E-state index in [0.717, 1.165) is 40.4 Å². The Hall–Kier alpha value is -1.94. The number of carbonyl (C=O) groups is 1. The quantitative estimate of drug-likeness (QED) is 0.768. The second kappa shape index (κ2) is 5.21. The Morgan fingerprint density at radius 1 is 1.30 bits per heavy atom. The van der Waals surface area contributed by atoms with Crippen molar-refractivity contribution in [3.8, 4) is 0 Å². The molecule has 0 radical (unpaired) electrons. The molecule has 2 aromatic heterocycles. The van der Waals surface area contributed by atoms with Crippen LogP contribution in [0.1, 0.15) is 35.0 Å². The Balaban J connectivity index is 2.32. The first-order valence-corrected chi connectivity index (χ1v) is 7.57. The molecular formula is C16H15NO2S. The van der Waals surface area contributed by atoms with Crippen LogP contribution in [0, 0.1) is 0 Å². The molecule has 102 valence electrons. The van der Waals surface area contributed by atoms with E-state index in [9.17, 15) is 9.90 Å². The van der Waals surface area contributed by atoms with Crippen LogP contribution in [0.4, 0.5) is 0 Å². The van der Waals surface area contributed by atoms with Crippen molar-refractivity contribution < 1.29 is 9.90 Å². The van der Waals surface area contributed by atoms with Crippen molar-refractivity contribution in [1.82, 2.24) is 4.98 Å². The summed E-state index contributed by atoms with van der Waals surface area (Å²) in [5.41, 5.74) is 2.18. The molecule has 0 atom stereocenters. The minimum absolute atomic E-state index is 0.362. The molecule has 0 bridgehead atoms. The number of hydrogen-bond donors (Lipinski definition) is 1. The summed E-state index contributed by atoms with van der Waals surface area (Å²) < 4.78 is 0. The molecule has 1 aromatic carbocycles. The van der Waals surface area contributed by atoms with E-state index in [4.69, 9.17) is 0 Å². The fraction of sp³-hybridized carbons (Fsp3) is 0.250. The van der Waals surface area contributed by atoms with Crippen molar-refractivity contribution >= 4 is 38.4 Å². The number of carboxylic acid groups (broad SMARTS) is 1. The predicted octanol–water partition coefficient (Wildman–Crippen LogP) is 4.49. The van der Waals surface area contributed by atoms with Gasteiger partial charge >= 0.3 is 5.97 Å². The normalized spacial score (nSPS) is 11.2. The summed E-state index contributed by atoms with van der Waals surface area (Å²) in [6.45, 7) is 2.16. The lowest BCUT2D eigenvalue weighted by molar-refractivity contribution is 0.0702. The minimum atomic E-state index is -0.876. The van der Waals surface area contributed by atoms with E-state index in [1.165, 1.54) is 16.9 Å². The number of carboxylic acids is 1. The molecule has 3 rings (SSSR count). The van der Waals surface area contributed by atoms with Crippen molar-refractivity contribution in [2.75, 3.05) is 0 Å². The Morgan fingerprint density at radius 2 is 2.10 bits per heavy atom. The van der Waals surface area contributed by atoms with Crippen LogP contribution in [-0.4, -0.2) is 16.1 Å². The van der Waals surface area contributed by atoms with Crippen LogP contribution in [0.25, 0.3) is 21.1 Å². The lowest BCUT2D eigenvalue weighted by Crippen LogP contribution is -1.91. The molecule has 2 heterocycles. The second-order valence-corrected chi connectivity index (χ2v) is 5.88. The minimum Gasteiger partial charge on any atom is -0.477 e. The molecule has 0 saturated carbocycles. The number of unbranched alkanes of at least 4 members (excludes halogenated alkanes) is 1. The number of aromatic carboxylic acids is 1. The molecule has 0 amide bonds. The topological polar surface area (TPSA) is 50.2 Å². The molecule has 0 saturated heterocycles. The molecule has 0 spiro atoms. The van der Waals surface area contributed by atoms with Crippen LogP contribution in [0.2, 0.25) is 0 Å². The monoisotopic (exact) mass is 285 g/mol. The van der Waals surface area contributed by atoms with E-state index in [1.54, 1.807) is 6.07 Å². The number of rotatable bonds is 4. The van der Waals surface area contributed by atoms with Crippen LogP contribution in [0.15, 0.2) is 30.3 Å². The maximum Gasteiger partial charge on any atom is 0.345 e. The van der Waals surface area contributed by atoms with Gasteiger partial charge in [0.25, 0.3) is 0 Å². The maximum absolute atomic E-state index is 11.2. The number of fused-ring (bicyclic) bond motifs is 2. The zero-order valence-electron chi connectivity index (χ0n) is 11.2. The molecule has 3 nitrogen and oxygen atoms in total. The van der Waals surface area contributed by atoms with E-state index in [2.05, 4.69) is 18.0 Å². The number of benzene rings is 1. The van der Waals surface area contributed by atoms with Gasteiger partial charge in [-0.15, -0.1) is 11.3 Å². The van der Waals surface area contributed by atoms with E-state index in [0.29, 0.717) is 4.88 Å². The molecule has 0 unspecified atom stereocenters. The summed E-state index contributed by atoms with van der Waals surface area (Å²) in [6.07, 6.45) is 3.18. The van der Waals surface area contributed by atoms with Crippen molar-refractivity contribution in [1.29, 1.82) is 0 Å². The van der Waals surface area contributed by atoms with Gasteiger partial charge in [-0.05, 0) is 30.5 Å². The fourth-order valence-electron chi connectivity index (χ4n) is 2.49. The average molecular weight is 285 g/mol. The first-order chi connectivity index (χ1) is 9.70. The third-order valence-electron chi connectivity index (χ3n) is 3.48.